The molecule has 0 unspecified atom stereocenters. The van der Waals surface area contributed by atoms with Gasteiger partial charge in [0.2, 0.25) is 0 Å². The SMILES string of the molecule is COCCN(C)c1nc2ccccn2c1CN. The Balaban J connectivity index is 2.38. The van der Waals surface area contributed by atoms with E-state index < -0.39 is 0 Å². The van der Waals surface area contributed by atoms with Gasteiger partial charge in [-0.1, -0.05) is 6.07 Å². The van der Waals surface area contributed by atoms with Gasteiger partial charge in [0.25, 0.3) is 0 Å². The Morgan fingerprint density at radius 3 is 3.00 bits per heavy atom. The van der Waals surface area contributed by atoms with Crippen molar-refractivity contribution in [1.82, 2.24) is 9.38 Å². The molecule has 2 rings (SSSR count). The predicted molar refractivity (Wildman–Crippen MR) is 68.2 cm³/mol. The first-order valence-electron chi connectivity index (χ1n) is 5.64. The highest BCUT2D eigenvalue weighted by atomic mass is 16.5. The topological polar surface area (TPSA) is 55.8 Å². The second-order valence-corrected chi connectivity index (χ2v) is 3.93. The van der Waals surface area contributed by atoms with Crippen molar-refractivity contribution in [2.24, 2.45) is 5.73 Å². The molecule has 17 heavy (non-hydrogen) atoms. The number of anilines is 1. The van der Waals surface area contributed by atoms with Gasteiger partial charge in [0.1, 0.15) is 5.65 Å². The standard InChI is InChI=1S/C12H18N4O/c1-15(7-8-17-2)12-10(9-13)16-6-4-3-5-11(16)14-12/h3-6H,7-9,13H2,1-2H3. The number of pyridine rings is 1. The van der Waals surface area contributed by atoms with Crippen LogP contribution in [-0.4, -0.2) is 36.7 Å². The van der Waals surface area contributed by atoms with E-state index in [1.54, 1.807) is 7.11 Å². The number of nitrogens with two attached hydrogens (primary N) is 1. The van der Waals surface area contributed by atoms with Crippen LogP contribution in [0.3, 0.4) is 0 Å². The van der Waals surface area contributed by atoms with Crippen LogP contribution in [0.25, 0.3) is 5.65 Å². The van der Waals surface area contributed by atoms with Crippen molar-refractivity contribution in [2.75, 3.05) is 32.2 Å². The highest BCUT2D eigenvalue weighted by Gasteiger charge is 2.13. The lowest BCUT2D eigenvalue weighted by Crippen LogP contribution is -2.24. The Kier molecular flexibility index (Phi) is 3.61. The minimum atomic E-state index is 0.470. The Morgan fingerprint density at radius 1 is 1.47 bits per heavy atom. The van der Waals surface area contributed by atoms with Crippen LogP contribution in [0.1, 0.15) is 5.69 Å². The Morgan fingerprint density at radius 2 is 2.29 bits per heavy atom. The van der Waals surface area contributed by atoms with Gasteiger partial charge >= 0.3 is 0 Å². The molecule has 0 spiro atoms. The molecule has 0 bridgehead atoms. The summed E-state index contributed by atoms with van der Waals surface area (Å²) in [7, 11) is 3.70. The molecule has 92 valence electrons. The zero-order valence-corrected chi connectivity index (χ0v) is 10.3. The van der Waals surface area contributed by atoms with Crippen molar-refractivity contribution in [2.45, 2.75) is 6.54 Å². The van der Waals surface area contributed by atoms with E-state index in [9.17, 15) is 0 Å². The molecular formula is C12H18N4O. The Labute approximate surface area is 101 Å². The third-order valence-corrected chi connectivity index (χ3v) is 2.79. The van der Waals surface area contributed by atoms with Gasteiger partial charge in [-0.05, 0) is 12.1 Å². The number of imidazole rings is 1. The van der Waals surface area contributed by atoms with Crippen LogP contribution in [-0.2, 0) is 11.3 Å². The van der Waals surface area contributed by atoms with Crippen LogP contribution in [0.5, 0.6) is 0 Å². The zero-order valence-electron chi connectivity index (χ0n) is 10.3. The summed E-state index contributed by atoms with van der Waals surface area (Å²) in [4.78, 5) is 6.66. The molecule has 5 heteroatoms. The molecule has 5 nitrogen and oxygen atoms in total. The molecule has 0 aliphatic rings. The van der Waals surface area contributed by atoms with Gasteiger partial charge in [0.15, 0.2) is 5.82 Å². The summed E-state index contributed by atoms with van der Waals surface area (Å²) in [6.07, 6.45) is 1.98. The lowest BCUT2D eigenvalue weighted by atomic mass is 10.4. The van der Waals surface area contributed by atoms with E-state index in [1.807, 2.05) is 35.8 Å². The molecule has 0 amide bonds. The summed E-state index contributed by atoms with van der Waals surface area (Å²) in [6, 6.07) is 5.93. The maximum Gasteiger partial charge on any atom is 0.152 e. The molecule has 2 N–H and O–H groups in total. The summed E-state index contributed by atoms with van der Waals surface area (Å²) in [5, 5.41) is 0. The molecular weight excluding hydrogens is 216 g/mol. The second-order valence-electron chi connectivity index (χ2n) is 3.93. The molecule has 0 aromatic carbocycles. The average Bonchev–Trinajstić information content (AvgIpc) is 2.74. The van der Waals surface area contributed by atoms with Gasteiger partial charge in [-0.3, -0.25) is 0 Å². The summed E-state index contributed by atoms with van der Waals surface area (Å²) >= 11 is 0. The molecule has 0 fully saturated rings. The van der Waals surface area contributed by atoms with Gasteiger partial charge in [-0.15, -0.1) is 0 Å². The third kappa shape index (κ3) is 2.25. The van der Waals surface area contributed by atoms with E-state index in [0.29, 0.717) is 13.2 Å². The normalized spacial score (nSPS) is 11.0. The smallest absolute Gasteiger partial charge is 0.152 e. The van der Waals surface area contributed by atoms with E-state index >= 15 is 0 Å². The molecule has 0 aliphatic carbocycles. The van der Waals surface area contributed by atoms with Crippen molar-refractivity contribution in [3.05, 3.63) is 30.1 Å². The minimum Gasteiger partial charge on any atom is -0.383 e. The van der Waals surface area contributed by atoms with Gasteiger partial charge < -0.3 is 19.8 Å². The van der Waals surface area contributed by atoms with Crippen LogP contribution in [0.4, 0.5) is 5.82 Å². The van der Waals surface area contributed by atoms with E-state index in [-0.39, 0.29) is 0 Å². The zero-order chi connectivity index (χ0) is 12.3. The Bertz CT molecular complexity index is 494. The molecule has 2 heterocycles. The van der Waals surface area contributed by atoms with Gasteiger partial charge in [-0.2, -0.15) is 0 Å². The molecule has 0 saturated carbocycles. The number of rotatable bonds is 5. The van der Waals surface area contributed by atoms with Gasteiger partial charge in [-0.25, -0.2) is 4.98 Å². The summed E-state index contributed by atoms with van der Waals surface area (Å²) in [6.45, 7) is 1.94. The average molecular weight is 234 g/mol. The van der Waals surface area contributed by atoms with Gasteiger partial charge in [0, 0.05) is 33.4 Å². The summed E-state index contributed by atoms with van der Waals surface area (Å²) in [5.41, 5.74) is 7.76. The molecule has 0 radical (unpaired) electrons. The fraction of sp³-hybridized carbons (Fsp3) is 0.417. The van der Waals surface area contributed by atoms with E-state index in [1.165, 1.54) is 0 Å². The van der Waals surface area contributed by atoms with Crippen molar-refractivity contribution in [1.29, 1.82) is 0 Å². The van der Waals surface area contributed by atoms with Crippen LogP contribution in [0, 0.1) is 0 Å². The van der Waals surface area contributed by atoms with E-state index in [4.69, 9.17) is 10.5 Å². The van der Waals surface area contributed by atoms with Crippen molar-refractivity contribution in [3.8, 4) is 0 Å². The minimum absolute atomic E-state index is 0.470. The first-order valence-corrected chi connectivity index (χ1v) is 5.64. The first kappa shape index (κ1) is 11.9. The number of methoxy groups -OCH3 is 1. The number of nitrogens with zero attached hydrogens (tertiary/aromatic N) is 3. The number of ether oxygens (including phenoxy) is 1. The van der Waals surface area contributed by atoms with E-state index in [2.05, 4.69) is 9.88 Å². The third-order valence-electron chi connectivity index (χ3n) is 2.79. The summed E-state index contributed by atoms with van der Waals surface area (Å²) in [5.74, 6) is 0.927. The maximum atomic E-state index is 5.81. The van der Waals surface area contributed by atoms with Crippen LogP contribution in [0.2, 0.25) is 0 Å². The molecule has 2 aromatic heterocycles. The van der Waals surface area contributed by atoms with Crippen molar-refractivity contribution >= 4 is 11.5 Å². The lowest BCUT2D eigenvalue weighted by molar-refractivity contribution is 0.206. The van der Waals surface area contributed by atoms with Gasteiger partial charge in [0.05, 0.1) is 12.3 Å². The predicted octanol–water partition coefficient (Wildman–Crippen LogP) is 0.876. The van der Waals surface area contributed by atoms with Crippen LogP contribution < -0.4 is 10.6 Å². The van der Waals surface area contributed by atoms with Crippen molar-refractivity contribution < 1.29 is 4.74 Å². The number of hydrogen-bond acceptors (Lipinski definition) is 4. The fourth-order valence-electron chi connectivity index (χ4n) is 1.86. The van der Waals surface area contributed by atoms with Crippen molar-refractivity contribution in [3.63, 3.8) is 0 Å². The first-order chi connectivity index (χ1) is 8.27. The Hall–Kier alpha value is -1.59. The van der Waals surface area contributed by atoms with E-state index in [0.717, 1.165) is 23.7 Å². The second kappa shape index (κ2) is 5.16. The molecule has 2 aromatic rings. The number of aromatic nitrogens is 2. The largest absolute Gasteiger partial charge is 0.383 e. The van der Waals surface area contributed by atoms with Crippen LogP contribution >= 0.6 is 0 Å². The highest BCUT2D eigenvalue weighted by Crippen LogP contribution is 2.19. The fourth-order valence-corrected chi connectivity index (χ4v) is 1.86. The number of hydrogen-bond donors (Lipinski definition) is 1. The molecule has 0 atom stereocenters. The maximum absolute atomic E-state index is 5.81. The van der Waals surface area contributed by atoms with Crippen LogP contribution in [0.15, 0.2) is 24.4 Å². The monoisotopic (exact) mass is 234 g/mol. The number of likely N-dealkylation sites (N-methyl/N-ethyl adjacent to an activating group) is 1. The summed E-state index contributed by atoms with van der Waals surface area (Å²) < 4.78 is 7.10. The quantitative estimate of drug-likeness (QED) is 0.834. The molecule has 0 saturated heterocycles. The number of fused-ring (bicyclic) bond motifs is 1. The molecule has 0 aliphatic heterocycles. The highest BCUT2D eigenvalue weighted by molar-refractivity contribution is 5.55. The lowest BCUT2D eigenvalue weighted by Gasteiger charge is -2.17.